The summed E-state index contributed by atoms with van der Waals surface area (Å²) >= 11 is 0. The van der Waals surface area contributed by atoms with Crippen molar-refractivity contribution in [2.24, 2.45) is 0 Å². The lowest BCUT2D eigenvalue weighted by molar-refractivity contribution is -0.121. The largest absolute Gasteiger partial charge is 0.352 e. The van der Waals surface area contributed by atoms with Crippen LogP contribution in [0.5, 0.6) is 0 Å². The average molecular weight is 419 g/mol. The molecule has 4 rings (SSSR count). The van der Waals surface area contributed by atoms with Crippen LogP contribution in [-0.2, 0) is 11.3 Å². The number of para-hydroxylation sites is 2. The number of aromatic nitrogens is 2. The van der Waals surface area contributed by atoms with Gasteiger partial charge in [0.25, 0.3) is 5.56 Å². The highest BCUT2D eigenvalue weighted by atomic mass is 16.2. The van der Waals surface area contributed by atoms with Gasteiger partial charge in [-0.25, -0.2) is 4.98 Å². The van der Waals surface area contributed by atoms with E-state index >= 15 is 0 Å². The Morgan fingerprint density at radius 2 is 1.87 bits per heavy atom. The van der Waals surface area contributed by atoms with E-state index < -0.39 is 0 Å². The van der Waals surface area contributed by atoms with Crippen molar-refractivity contribution >= 4 is 22.8 Å². The minimum absolute atomic E-state index is 0.0667. The SMILES string of the molecule is Cc1ccc(C(C)NC(=O)CCn2c(=O)c(N3CCCC3)nc3ccccc32)c(C)c1. The van der Waals surface area contributed by atoms with E-state index in [0.717, 1.165) is 42.5 Å². The number of nitrogens with one attached hydrogen (secondary N) is 1. The number of carbonyl (C=O) groups excluding carboxylic acids is 1. The molecule has 6 nitrogen and oxygen atoms in total. The van der Waals surface area contributed by atoms with E-state index in [2.05, 4.69) is 47.2 Å². The summed E-state index contributed by atoms with van der Waals surface area (Å²) in [5.74, 6) is 0.434. The normalized spacial score (nSPS) is 14.7. The number of fused-ring (bicyclic) bond motifs is 1. The van der Waals surface area contributed by atoms with Gasteiger partial charge in [0, 0.05) is 26.1 Å². The van der Waals surface area contributed by atoms with Crippen LogP contribution in [0.2, 0.25) is 0 Å². The molecule has 1 aliphatic rings. The van der Waals surface area contributed by atoms with Gasteiger partial charge in [-0.05, 0) is 56.9 Å². The molecule has 0 bridgehead atoms. The van der Waals surface area contributed by atoms with Crippen LogP contribution in [0.4, 0.5) is 5.82 Å². The first-order chi connectivity index (χ1) is 14.9. The zero-order valence-electron chi connectivity index (χ0n) is 18.5. The van der Waals surface area contributed by atoms with Gasteiger partial charge >= 0.3 is 0 Å². The first-order valence-corrected chi connectivity index (χ1v) is 11.0. The molecule has 6 heteroatoms. The number of nitrogens with zero attached hydrogens (tertiary/aromatic N) is 3. The highest BCUT2D eigenvalue weighted by Crippen LogP contribution is 2.20. The third kappa shape index (κ3) is 4.48. The minimum atomic E-state index is -0.115. The molecule has 1 N–H and O–H groups in total. The lowest BCUT2D eigenvalue weighted by atomic mass is 10.0. The molecule has 2 heterocycles. The Hall–Kier alpha value is -3.15. The molecule has 0 aliphatic carbocycles. The fraction of sp³-hybridized carbons (Fsp3) is 0.400. The van der Waals surface area contributed by atoms with E-state index in [4.69, 9.17) is 0 Å². The van der Waals surface area contributed by atoms with Crippen LogP contribution in [0.1, 0.15) is 48.9 Å². The standard InChI is InChI=1S/C25H30N4O2/c1-17-10-11-20(18(2)16-17)19(3)26-23(30)12-15-29-22-9-5-4-8-21(22)27-24(25(29)31)28-13-6-7-14-28/h4-5,8-11,16,19H,6-7,12-15H2,1-3H3,(H,26,30). The minimum Gasteiger partial charge on any atom is -0.352 e. The molecule has 1 unspecified atom stereocenters. The summed E-state index contributed by atoms with van der Waals surface area (Å²) in [5.41, 5.74) is 4.92. The van der Waals surface area contributed by atoms with Crippen LogP contribution in [0.25, 0.3) is 11.0 Å². The molecule has 31 heavy (non-hydrogen) atoms. The van der Waals surface area contributed by atoms with Gasteiger partial charge in [-0.15, -0.1) is 0 Å². The molecule has 1 aliphatic heterocycles. The fourth-order valence-corrected chi connectivity index (χ4v) is 4.45. The van der Waals surface area contributed by atoms with Gasteiger partial charge < -0.3 is 14.8 Å². The number of rotatable bonds is 6. The zero-order valence-corrected chi connectivity index (χ0v) is 18.5. The Labute approximate surface area is 182 Å². The Morgan fingerprint density at radius 1 is 1.13 bits per heavy atom. The van der Waals surface area contributed by atoms with Crippen molar-refractivity contribution in [1.82, 2.24) is 14.9 Å². The third-order valence-electron chi connectivity index (χ3n) is 6.07. The number of hydrogen-bond donors (Lipinski definition) is 1. The van der Waals surface area contributed by atoms with Crippen LogP contribution >= 0.6 is 0 Å². The lowest BCUT2D eigenvalue weighted by Crippen LogP contribution is -2.33. The maximum Gasteiger partial charge on any atom is 0.294 e. The number of carbonyl (C=O) groups is 1. The number of benzene rings is 2. The van der Waals surface area contributed by atoms with Gasteiger partial charge in [0.05, 0.1) is 17.1 Å². The molecule has 1 aromatic heterocycles. The molecule has 0 saturated carbocycles. The summed E-state index contributed by atoms with van der Waals surface area (Å²) < 4.78 is 1.71. The van der Waals surface area contributed by atoms with Crippen molar-refractivity contribution in [3.8, 4) is 0 Å². The van der Waals surface area contributed by atoms with Crippen molar-refractivity contribution in [3.05, 3.63) is 69.5 Å². The maximum atomic E-state index is 13.2. The molecule has 162 valence electrons. The smallest absolute Gasteiger partial charge is 0.294 e. The molecular formula is C25H30N4O2. The first kappa shape index (κ1) is 21.1. The predicted molar refractivity (Wildman–Crippen MR) is 125 cm³/mol. The van der Waals surface area contributed by atoms with E-state index in [1.54, 1.807) is 4.57 Å². The quantitative estimate of drug-likeness (QED) is 0.660. The third-order valence-corrected chi connectivity index (χ3v) is 6.07. The molecule has 0 radical (unpaired) electrons. The molecule has 1 fully saturated rings. The fourth-order valence-electron chi connectivity index (χ4n) is 4.45. The average Bonchev–Trinajstić information content (AvgIpc) is 3.27. The summed E-state index contributed by atoms with van der Waals surface area (Å²) in [6.07, 6.45) is 2.39. The summed E-state index contributed by atoms with van der Waals surface area (Å²) in [4.78, 5) is 32.6. The van der Waals surface area contributed by atoms with Gasteiger partial charge in [0.1, 0.15) is 0 Å². The van der Waals surface area contributed by atoms with Crippen molar-refractivity contribution in [2.75, 3.05) is 18.0 Å². The summed E-state index contributed by atoms with van der Waals surface area (Å²) in [6, 6.07) is 13.8. The summed E-state index contributed by atoms with van der Waals surface area (Å²) in [6.45, 7) is 8.16. The van der Waals surface area contributed by atoms with Gasteiger partial charge in [-0.1, -0.05) is 35.9 Å². The van der Waals surface area contributed by atoms with Gasteiger partial charge in [0.15, 0.2) is 5.82 Å². The van der Waals surface area contributed by atoms with Crippen LogP contribution in [0.15, 0.2) is 47.3 Å². The Balaban J connectivity index is 1.53. The molecule has 0 spiro atoms. The van der Waals surface area contributed by atoms with Gasteiger partial charge in [-0.3, -0.25) is 9.59 Å². The number of anilines is 1. The molecule has 1 saturated heterocycles. The second kappa shape index (κ2) is 8.92. The lowest BCUT2D eigenvalue weighted by Gasteiger charge is -2.20. The predicted octanol–water partition coefficient (Wildman–Crippen LogP) is 3.88. The van der Waals surface area contributed by atoms with Crippen LogP contribution < -0.4 is 15.8 Å². The number of amides is 1. The second-order valence-electron chi connectivity index (χ2n) is 8.47. The van der Waals surface area contributed by atoms with Gasteiger partial charge in [0.2, 0.25) is 5.91 Å². The van der Waals surface area contributed by atoms with E-state index in [0.29, 0.717) is 12.4 Å². The second-order valence-corrected chi connectivity index (χ2v) is 8.47. The van der Waals surface area contributed by atoms with Crippen LogP contribution in [-0.4, -0.2) is 28.5 Å². The van der Waals surface area contributed by atoms with E-state index in [1.807, 2.05) is 31.2 Å². The van der Waals surface area contributed by atoms with E-state index in [-0.39, 0.29) is 23.9 Å². The first-order valence-electron chi connectivity index (χ1n) is 11.0. The topological polar surface area (TPSA) is 67.2 Å². The summed E-state index contributed by atoms with van der Waals surface area (Å²) in [7, 11) is 0. The highest BCUT2D eigenvalue weighted by Gasteiger charge is 2.20. The Bertz CT molecular complexity index is 1160. The molecular weight excluding hydrogens is 388 g/mol. The maximum absolute atomic E-state index is 13.2. The molecule has 3 aromatic rings. The van der Waals surface area contributed by atoms with Crippen molar-refractivity contribution in [2.45, 2.75) is 52.6 Å². The van der Waals surface area contributed by atoms with Gasteiger partial charge in [-0.2, -0.15) is 0 Å². The molecule has 1 amide bonds. The number of aryl methyl sites for hydroxylation is 3. The Kier molecular flexibility index (Phi) is 6.07. The van der Waals surface area contributed by atoms with Crippen LogP contribution in [0, 0.1) is 13.8 Å². The highest BCUT2D eigenvalue weighted by molar-refractivity contribution is 5.78. The zero-order chi connectivity index (χ0) is 22.0. The number of hydrogen-bond acceptors (Lipinski definition) is 4. The molecule has 2 aromatic carbocycles. The Morgan fingerprint density at radius 3 is 2.61 bits per heavy atom. The van der Waals surface area contributed by atoms with Crippen molar-refractivity contribution in [3.63, 3.8) is 0 Å². The summed E-state index contributed by atoms with van der Waals surface area (Å²) in [5, 5.41) is 3.08. The van der Waals surface area contributed by atoms with E-state index in [9.17, 15) is 9.59 Å². The van der Waals surface area contributed by atoms with Crippen LogP contribution in [0.3, 0.4) is 0 Å². The molecule has 1 atom stereocenters. The monoisotopic (exact) mass is 418 g/mol. The van der Waals surface area contributed by atoms with Crippen molar-refractivity contribution in [1.29, 1.82) is 0 Å². The van der Waals surface area contributed by atoms with E-state index in [1.165, 1.54) is 11.1 Å². The van der Waals surface area contributed by atoms with Crippen molar-refractivity contribution < 1.29 is 4.79 Å².